The van der Waals surface area contributed by atoms with Gasteiger partial charge in [0.1, 0.15) is 6.04 Å². The van der Waals surface area contributed by atoms with Crippen molar-refractivity contribution in [3.8, 4) is 0 Å². The van der Waals surface area contributed by atoms with Crippen LogP contribution in [0.4, 0.5) is 5.13 Å². The molecule has 1 aromatic carbocycles. The summed E-state index contributed by atoms with van der Waals surface area (Å²) >= 11 is 6.94. The van der Waals surface area contributed by atoms with Crippen molar-refractivity contribution in [1.29, 1.82) is 0 Å². The number of benzene rings is 1. The van der Waals surface area contributed by atoms with Crippen LogP contribution in [0.15, 0.2) is 41.9 Å². The van der Waals surface area contributed by atoms with Crippen molar-refractivity contribution >= 4 is 45.6 Å². The Bertz CT molecular complexity index is 932. The van der Waals surface area contributed by atoms with Gasteiger partial charge in [-0.2, -0.15) is 0 Å². The number of nitrogens with zero attached hydrogens (tertiary/aromatic N) is 3. The van der Waals surface area contributed by atoms with Crippen molar-refractivity contribution in [1.82, 2.24) is 20.1 Å². The van der Waals surface area contributed by atoms with Crippen LogP contribution in [-0.4, -0.2) is 57.4 Å². The van der Waals surface area contributed by atoms with E-state index in [0.717, 1.165) is 18.4 Å². The molecule has 0 radical (unpaired) electrons. The number of carbonyl (C=O) groups excluding carboxylic acids is 2. The molecule has 0 spiro atoms. The molecule has 2 aliphatic rings. The van der Waals surface area contributed by atoms with Crippen LogP contribution < -0.4 is 10.6 Å². The predicted octanol–water partition coefficient (Wildman–Crippen LogP) is 3.64. The zero-order chi connectivity index (χ0) is 23.0. The van der Waals surface area contributed by atoms with Gasteiger partial charge >= 0.3 is 0 Å². The Morgan fingerprint density at radius 2 is 1.97 bits per heavy atom. The Hall–Kier alpha value is -2.52. The molecule has 0 unspecified atom stereocenters. The number of thiocarbonyl (C=S) groups is 1. The molecule has 2 amide bonds. The first kappa shape index (κ1) is 23.6. The van der Waals surface area contributed by atoms with Gasteiger partial charge in [-0.05, 0) is 30.1 Å². The van der Waals surface area contributed by atoms with Crippen molar-refractivity contribution in [3.63, 3.8) is 0 Å². The molecular weight excluding hydrogens is 454 g/mol. The van der Waals surface area contributed by atoms with Gasteiger partial charge in [-0.15, -0.1) is 11.3 Å². The lowest BCUT2D eigenvalue weighted by Crippen LogP contribution is -2.59. The molecule has 2 N–H and O–H groups in total. The molecule has 2 aromatic rings. The first-order valence-corrected chi connectivity index (χ1v) is 13.0. The molecular formula is C24H31N5O2S2. The van der Waals surface area contributed by atoms with Crippen molar-refractivity contribution in [2.24, 2.45) is 5.92 Å². The van der Waals surface area contributed by atoms with E-state index in [4.69, 9.17) is 12.2 Å². The molecule has 1 aliphatic carbocycles. The predicted molar refractivity (Wildman–Crippen MR) is 135 cm³/mol. The zero-order valence-electron chi connectivity index (χ0n) is 18.7. The van der Waals surface area contributed by atoms with E-state index in [-0.39, 0.29) is 18.4 Å². The van der Waals surface area contributed by atoms with Gasteiger partial charge in [0.25, 0.3) is 0 Å². The second-order valence-electron chi connectivity index (χ2n) is 8.74. The van der Waals surface area contributed by atoms with Crippen molar-refractivity contribution in [2.45, 2.75) is 51.1 Å². The largest absolute Gasteiger partial charge is 0.358 e. The van der Waals surface area contributed by atoms with E-state index in [1.807, 2.05) is 40.6 Å². The van der Waals surface area contributed by atoms with Gasteiger partial charge in [0, 0.05) is 31.2 Å². The highest BCUT2D eigenvalue weighted by atomic mass is 32.1. The van der Waals surface area contributed by atoms with Crippen LogP contribution in [0, 0.1) is 5.92 Å². The molecule has 0 bridgehead atoms. The molecule has 4 rings (SSSR count). The van der Waals surface area contributed by atoms with Gasteiger partial charge in [-0.3, -0.25) is 9.59 Å². The van der Waals surface area contributed by atoms with Crippen molar-refractivity contribution in [3.05, 3.63) is 47.5 Å². The van der Waals surface area contributed by atoms with E-state index in [2.05, 4.69) is 15.6 Å². The average Bonchev–Trinajstić information content (AvgIpc) is 3.35. The van der Waals surface area contributed by atoms with Crippen LogP contribution in [-0.2, 0) is 16.1 Å². The molecule has 7 nitrogen and oxygen atoms in total. The summed E-state index contributed by atoms with van der Waals surface area (Å²) in [5, 5.41) is 9.16. The summed E-state index contributed by atoms with van der Waals surface area (Å²) in [6.07, 6.45) is 8.30. The highest BCUT2D eigenvalue weighted by molar-refractivity contribution is 7.80. The fourth-order valence-electron chi connectivity index (χ4n) is 4.66. The second kappa shape index (κ2) is 11.6. The molecule has 9 heteroatoms. The maximum absolute atomic E-state index is 13.2. The Balaban J connectivity index is 1.37. The van der Waals surface area contributed by atoms with Crippen LogP contribution in [0.2, 0.25) is 0 Å². The Labute approximate surface area is 204 Å². The molecule has 33 heavy (non-hydrogen) atoms. The number of piperazine rings is 1. The zero-order valence-corrected chi connectivity index (χ0v) is 20.4. The number of rotatable bonds is 7. The number of amides is 2. The van der Waals surface area contributed by atoms with E-state index in [1.54, 1.807) is 11.1 Å². The minimum atomic E-state index is -0.475. The van der Waals surface area contributed by atoms with Gasteiger partial charge in [0.2, 0.25) is 11.8 Å². The molecule has 1 atom stereocenters. The lowest BCUT2D eigenvalue weighted by molar-refractivity contribution is -0.142. The summed E-state index contributed by atoms with van der Waals surface area (Å²) < 4.78 is 0. The van der Waals surface area contributed by atoms with Crippen molar-refractivity contribution in [2.75, 3.05) is 25.0 Å². The highest BCUT2D eigenvalue weighted by Gasteiger charge is 2.36. The first-order chi connectivity index (χ1) is 16.1. The molecule has 176 valence electrons. The molecule has 1 saturated carbocycles. The minimum absolute atomic E-state index is 0.0554. The Morgan fingerprint density at radius 1 is 1.18 bits per heavy atom. The fraction of sp³-hybridized carbons (Fsp3) is 0.500. The third-order valence-corrected chi connectivity index (χ3v) is 7.54. The Kier molecular flexibility index (Phi) is 8.28. The monoisotopic (exact) mass is 485 g/mol. The van der Waals surface area contributed by atoms with Crippen LogP contribution >= 0.6 is 23.6 Å². The van der Waals surface area contributed by atoms with Crippen LogP contribution in [0.1, 0.15) is 44.1 Å². The normalized spacial score (nSPS) is 18.1. The van der Waals surface area contributed by atoms with E-state index >= 15 is 0 Å². The summed E-state index contributed by atoms with van der Waals surface area (Å²) in [5.74, 6) is 0.285. The summed E-state index contributed by atoms with van der Waals surface area (Å²) in [5.41, 5.74) is 1.14. The number of carbonyl (C=O) groups is 2. The lowest BCUT2D eigenvalue weighted by Gasteiger charge is -2.40. The SMILES string of the molecule is O=C(Nc1nccs1)[C@H](CC1CCCCC1)N1CCN(C(=S)NCc2ccccc2)CC1=O. The summed E-state index contributed by atoms with van der Waals surface area (Å²) in [6.45, 7) is 1.90. The maximum atomic E-state index is 13.2. The Morgan fingerprint density at radius 3 is 2.67 bits per heavy atom. The standard InChI is InChI=1S/C24H31N5O2S2/c30-21-17-28(24(32)26-16-19-9-5-2-6-10-19)12-13-29(21)20(15-18-7-3-1-4-8-18)22(31)27-23-25-11-14-33-23/h2,5-6,9-11,14,18,20H,1,3-4,7-8,12-13,15-17H2,(H,26,32)(H,25,27,31)/t20-/m0/s1. The maximum Gasteiger partial charge on any atom is 0.248 e. The lowest BCUT2D eigenvalue weighted by atomic mass is 9.84. The molecule has 2 heterocycles. The number of aromatic nitrogens is 1. The molecule has 2 fully saturated rings. The number of thiazole rings is 1. The molecule has 1 aliphatic heterocycles. The smallest absolute Gasteiger partial charge is 0.248 e. The van der Waals surface area contributed by atoms with Crippen molar-refractivity contribution < 1.29 is 9.59 Å². The van der Waals surface area contributed by atoms with Crippen LogP contribution in [0.5, 0.6) is 0 Å². The third kappa shape index (κ3) is 6.51. The molecule has 1 saturated heterocycles. The van der Waals surface area contributed by atoms with E-state index < -0.39 is 6.04 Å². The van der Waals surface area contributed by atoms with Crippen LogP contribution in [0.3, 0.4) is 0 Å². The average molecular weight is 486 g/mol. The van der Waals surface area contributed by atoms with Gasteiger partial charge in [0.15, 0.2) is 10.2 Å². The topological polar surface area (TPSA) is 77.6 Å². The number of anilines is 1. The number of hydrogen-bond acceptors (Lipinski definition) is 5. The number of hydrogen-bond donors (Lipinski definition) is 2. The third-order valence-electron chi connectivity index (χ3n) is 6.45. The quantitative estimate of drug-likeness (QED) is 0.583. The first-order valence-electron chi connectivity index (χ1n) is 11.7. The number of nitrogens with one attached hydrogen (secondary N) is 2. The fourth-order valence-corrected chi connectivity index (χ4v) is 5.42. The van der Waals surface area contributed by atoms with E-state index in [1.165, 1.54) is 30.6 Å². The molecule has 1 aromatic heterocycles. The van der Waals surface area contributed by atoms with Gasteiger partial charge < -0.3 is 20.4 Å². The minimum Gasteiger partial charge on any atom is -0.358 e. The summed E-state index contributed by atoms with van der Waals surface area (Å²) in [4.78, 5) is 34.2. The summed E-state index contributed by atoms with van der Waals surface area (Å²) in [7, 11) is 0. The summed E-state index contributed by atoms with van der Waals surface area (Å²) in [6, 6.07) is 9.56. The van der Waals surface area contributed by atoms with Gasteiger partial charge in [0.05, 0.1) is 6.54 Å². The van der Waals surface area contributed by atoms with E-state index in [9.17, 15) is 9.59 Å². The van der Waals surface area contributed by atoms with Gasteiger partial charge in [-0.1, -0.05) is 62.4 Å². The highest BCUT2D eigenvalue weighted by Crippen LogP contribution is 2.29. The van der Waals surface area contributed by atoms with E-state index in [0.29, 0.717) is 42.2 Å². The van der Waals surface area contributed by atoms with Crippen LogP contribution in [0.25, 0.3) is 0 Å². The second-order valence-corrected chi connectivity index (χ2v) is 10.0. The van der Waals surface area contributed by atoms with Gasteiger partial charge in [-0.25, -0.2) is 4.98 Å².